The van der Waals surface area contributed by atoms with Crippen LogP contribution >= 0.6 is 11.3 Å². The third kappa shape index (κ3) is 3.60. The van der Waals surface area contributed by atoms with Gasteiger partial charge >= 0.3 is 11.9 Å². The zero-order chi connectivity index (χ0) is 18.6. The smallest absolute Gasteiger partial charge is 0.336 e. The average molecular weight is 367 g/mol. The number of dihydropyridines is 1. The molecule has 1 unspecified atom stereocenters. The number of hydrogen-bond donors (Lipinski definition) is 1. The van der Waals surface area contributed by atoms with E-state index < -0.39 is 24.1 Å². The van der Waals surface area contributed by atoms with Crippen LogP contribution in [0.2, 0.25) is 0 Å². The number of ether oxygens (including phenoxy) is 4. The Kier molecular flexibility index (Phi) is 6.35. The van der Waals surface area contributed by atoms with E-state index in [1.807, 2.05) is 17.5 Å². The Morgan fingerprint density at radius 2 is 1.68 bits per heavy atom. The van der Waals surface area contributed by atoms with E-state index in [1.165, 1.54) is 39.8 Å². The van der Waals surface area contributed by atoms with E-state index in [9.17, 15) is 9.59 Å². The van der Waals surface area contributed by atoms with Crippen LogP contribution in [0.1, 0.15) is 17.7 Å². The maximum Gasteiger partial charge on any atom is 0.336 e. The number of carbonyl (C=O) groups is 2. The molecule has 1 aliphatic heterocycles. The van der Waals surface area contributed by atoms with Gasteiger partial charge in [-0.15, -0.1) is 11.3 Å². The molecule has 7 nitrogen and oxygen atoms in total. The van der Waals surface area contributed by atoms with Crippen molar-refractivity contribution >= 4 is 23.3 Å². The van der Waals surface area contributed by atoms with Gasteiger partial charge in [-0.2, -0.15) is 0 Å². The first-order valence-electron chi connectivity index (χ1n) is 7.47. The molecule has 0 saturated heterocycles. The fourth-order valence-corrected chi connectivity index (χ4v) is 3.67. The van der Waals surface area contributed by atoms with Gasteiger partial charge in [0.1, 0.15) is 0 Å². The van der Waals surface area contributed by atoms with Crippen molar-refractivity contribution in [2.24, 2.45) is 0 Å². The summed E-state index contributed by atoms with van der Waals surface area (Å²) in [6, 6.07) is 3.71. The average Bonchev–Trinajstić information content (AvgIpc) is 3.15. The van der Waals surface area contributed by atoms with Gasteiger partial charge in [-0.3, -0.25) is 0 Å². The molecule has 0 fully saturated rings. The molecule has 0 aliphatic carbocycles. The predicted octanol–water partition coefficient (Wildman–Crippen LogP) is 1.93. The third-order valence-electron chi connectivity index (χ3n) is 3.90. The molecule has 2 rings (SSSR count). The molecule has 1 atom stereocenters. The van der Waals surface area contributed by atoms with Gasteiger partial charge < -0.3 is 24.3 Å². The van der Waals surface area contributed by atoms with Crippen molar-refractivity contribution in [2.75, 3.05) is 28.4 Å². The Balaban J connectivity index is 2.73. The second kappa shape index (κ2) is 8.28. The minimum atomic E-state index is -0.814. The van der Waals surface area contributed by atoms with E-state index in [1.54, 1.807) is 6.92 Å². The van der Waals surface area contributed by atoms with E-state index in [0.717, 1.165) is 4.88 Å². The molecule has 1 aliphatic rings. The zero-order valence-electron chi connectivity index (χ0n) is 14.7. The molecule has 1 N–H and O–H groups in total. The van der Waals surface area contributed by atoms with Crippen LogP contribution in [0.15, 0.2) is 40.1 Å². The monoisotopic (exact) mass is 367 g/mol. The van der Waals surface area contributed by atoms with Crippen molar-refractivity contribution in [2.45, 2.75) is 19.1 Å². The van der Waals surface area contributed by atoms with Crippen LogP contribution in [-0.2, 0) is 28.5 Å². The van der Waals surface area contributed by atoms with E-state index >= 15 is 0 Å². The number of hydrogen-bond acceptors (Lipinski definition) is 8. The van der Waals surface area contributed by atoms with Gasteiger partial charge in [-0.1, -0.05) is 6.07 Å². The summed E-state index contributed by atoms with van der Waals surface area (Å²) < 4.78 is 20.5. The summed E-state index contributed by atoms with van der Waals surface area (Å²) in [4.78, 5) is 25.8. The number of allylic oxidation sites excluding steroid dienone is 1. The number of thiophene rings is 1. The van der Waals surface area contributed by atoms with E-state index in [4.69, 9.17) is 18.9 Å². The van der Waals surface area contributed by atoms with Crippen molar-refractivity contribution in [3.05, 3.63) is 44.9 Å². The van der Waals surface area contributed by atoms with Crippen LogP contribution in [0, 0.1) is 0 Å². The minimum absolute atomic E-state index is 0.254. The van der Waals surface area contributed by atoms with Crippen molar-refractivity contribution in [1.82, 2.24) is 5.32 Å². The summed E-state index contributed by atoms with van der Waals surface area (Å²) in [7, 11) is 5.52. The second-order valence-corrected chi connectivity index (χ2v) is 6.21. The lowest BCUT2D eigenvalue weighted by Crippen LogP contribution is -2.38. The quantitative estimate of drug-likeness (QED) is 0.607. The maximum absolute atomic E-state index is 12.6. The van der Waals surface area contributed by atoms with Crippen LogP contribution < -0.4 is 5.32 Å². The van der Waals surface area contributed by atoms with Crippen molar-refractivity contribution in [1.29, 1.82) is 0 Å². The molecule has 2 heterocycles. The molecule has 0 radical (unpaired) electrons. The highest BCUT2D eigenvalue weighted by Gasteiger charge is 2.41. The summed E-state index contributed by atoms with van der Waals surface area (Å²) in [6.07, 6.45) is -0.814. The van der Waals surface area contributed by atoms with Gasteiger partial charge in [-0.05, 0) is 18.4 Å². The fourth-order valence-electron chi connectivity index (χ4n) is 2.83. The van der Waals surface area contributed by atoms with Gasteiger partial charge in [0.05, 0.1) is 37.0 Å². The fraction of sp³-hybridized carbons (Fsp3) is 0.412. The highest BCUT2D eigenvalue weighted by atomic mass is 32.1. The molecular weight excluding hydrogens is 346 g/mol. The Hall–Kier alpha value is -2.16. The highest BCUT2D eigenvalue weighted by Crippen LogP contribution is 2.41. The number of rotatable bonds is 6. The molecule has 1 aromatic heterocycles. The molecule has 136 valence electrons. The first kappa shape index (κ1) is 19.2. The first-order valence-corrected chi connectivity index (χ1v) is 8.35. The number of methoxy groups -OCH3 is 4. The van der Waals surface area contributed by atoms with Gasteiger partial charge in [-0.25, -0.2) is 9.59 Å². The van der Waals surface area contributed by atoms with Crippen molar-refractivity contribution in [3.8, 4) is 0 Å². The summed E-state index contributed by atoms with van der Waals surface area (Å²) in [5, 5.41) is 4.93. The van der Waals surface area contributed by atoms with Crippen LogP contribution in [-0.4, -0.2) is 46.7 Å². The molecule has 8 heteroatoms. The van der Waals surface area contributed by atoms with Crippen LogP contribution in [0.5, 0.6) is 0 Å². The number of nitrogens with one attached hydrogen (secondary N) is 1. The lowest BCUT2D eigenvalue weighted by atomic mass is 9.84. The lowest BCUT2D eigenvalue weighted by molar-refractivity contribution is -0.137. The van der Waals surface area contributed by atoms with Gasteiger partial charge in [0.15, 0.2) is 6.29 Å². The molecule has 0 saturated carbocycles. The molecule has 0 spiro atoms. The number of carbonyl (C=O) groups excluding carboxylic acids is 2. The van der Waals surface area contributed by atoms with E-state index in [0.29, 0.717) is 17.0 Å². The Labute approximate surface area is 150 Å². The summed E-state index contributed by atoms with van der Waals surface area (Å²) >= 11 is 1.43. The Morgan fingerprint density at radius 3 is 2.16 bits per heavy atom. The van der Waals surface area contributed by atoms with Crippen LogP contribution in [0.4, 0.5) is 0 Å². The molecule has 25 heavy (non-hydrogen) atoms. The minimum Gasteiger partial charge on any atom is -0.466 e. The van der Waals surface area contributed by atoms with Crippen molar-refractivity contribution in [3.63, 3.8) is 0 Å². The molecular formula is C17H21NO6S. The van der Waals surface area contributed by atoms with Gasteiger partial charge in [0, 0.05) is 24.8 Å². The molecule has 0 aromatic carbocycles. The first-order chi connectivity index (χ1) is 12.0. The second-order valence-electron chi connectivity index (χ2n) is 5.23. The van der Waals surface area contributed by atoms with E-state index in [2.05, 4.69) is 5.32 Å². The van der Waals surface area contributed by atoms with Crippen LogP contribution in [0.3, 0.4) is 0 Å². The summed E-state index contributed by atoms with van der Waals surface area (Å²) in [5.74, 6) is -1.73. The van der Waals surface area contributed by atoms with Gasteiger partial charge in [0.25, 0.3) is 0 Å². The Morgan fingerprint density at radius 1 is 1.08 bits per heavy atom. The lowest BCUT2D eigenvalue weighted by Gasteiger charge is -2.32. The zero-order valence-corrected chi connectivity index (χ0v) is 15.6. The van der Waals surface area contributed by atoms with Crippen molar-refractivity contribution < 1.29 is 28.5 Å². The summed E-state index contributed by atoms with van der Waals surface area (Å²) in [6.45, 7) is 1.74. The predicted molar refractivity (Wildman–Crippen MR) is 91.8 cm³/mol. The molecule has 0 amide bonds. The van der Waals surface area contributed by atoms with Crippen LogP contribution in [0.25, 0.3) is 0 Å². The topological polar surface area (TPSA) is 83.1 Å². The standard InChI is InChI=1S/C17H21NO6S/c1-9-11(15(19)21-2)12(10-7-6-8-25-10)13(16(20)22-3)14(18-9)17(23-4)24-5/h6-8,12,17-18H,1-5H3. The van der Waals surface area contributed by atoms with E-state index in [-0.39, 0.29) is 5.57 Å². The SMILES string of the molecule is COC(=O)C1=C(C)NC(C(OC)OC)=C(C(=O)OC)C1c1cccs1. The maximum atomic E-state index is 12.6. The largest absolute Gasteiger partial charge is 0.466 e. The molecule has 0 bridgehead atoms. The van der Waals surface area contributed by atoms with Gasteiger partial charge in [0.2, 0.25) is 0 Å². The summed E-state index contributed by atoms with van der Waals surface area (Å²) in [5.41, 5.74) is 1.57. The molecule has 1 aromatic rings. The number of esters is 2. The Bertz CT molecular complexity index is 703. The third-order valence-corrected chi connectivity index (χ3v) is 4.83. The highest BCUT2D eigenvalue weighted by molar-refractivity contribution is 7.10. The normalized spacial score (nSPS) is 17.6.